The highest BCUT2D eigenvalue weighted by Crippen LogP contribution is 2.47. The minimum Gasteiger partial charge on any atom is -0.493 e. The Balaban J connectivity index is 1.49. The number of methoxy groups -OCH3 is 1. The molecule has 4 rings (SSSR count). The SMILES string of the molecule is COc1cc(C(=O)N2CCC3(CC2)CC(OC(C)C)c2cccc(F)c2O3)ccc1OC(C)C. The first kappa shape index (κ1) is 24.3. The van der Waals surface area contributed by atoms with Crippen molar-refractivity contribution in [1.29, 1.82) is 0 Å². The molecule has 6 nitrogen and oxygen atoms in total. The zero-order chi connectivity index (χ0) is 24.5. The van der Waals surface area contributed by atoms with Crippen LogP contribution in [0.2, 0.25) is 0 Å². The molecule has 0 saturated carbocycles. The van der Waals surface area contributed by atoms with Crippen LogP contribution in [0.5, 0.6) is 17.2 Å². The van der Waals surface area contributed by atoms with Crippen LogP contribution >= 0.6 is 0 Å². The summed E-state index contributed by atoms with van der Waals surface area (Å²) >= 11 is 0. The van der Waals surface area contributed by atoms with Crippen molar-refractivity contribution in [1.82, 2.24) is 4.90 Å². The third kappa shape index (κ3) is 4.99. The highest BCUT2D eigenvalue weighted by atomic mass is 19.1. The standard InChI is InChI=1S/C27H34FNO5/c1-17(2)32-22-10-9-19(15-23(22)31-5)26(30)29-13-11-27(12-14-29)16-24(33-18(3)4)20-7-6-8-21(28)25(20)34-27/h6-10,15,17-18,24H,11-14,16H2,1-5H3. The van der Waals surface area contributed by atoms with Gasteiger partial charge in [0.1, 0.15) is 5.60 Å². The number of benzene rings is 2. The molecule has 2 aromatic carbocycles. The maximum Gasteiger partial charge on any atom is 0.253 e. The van der Waals surface area contributed by atoms with Crippen LogP contribution in [0, 0.1) is 5.82 Å². The van der Waals surface area contributed by atoms with E-state index in [4.69, 9.17) is 18.9 Å². The minimum atomic E-state index is -0.557. The Hall–Kier alpha value is -2.80. The van der Waals surface area contributed by atoms with E-state index in [1.807, 2.05) is 38.7 Å². The number of likely N-dealkylation sites (tertiary alicyclic amines) is 1. The van der Waals surface area contributed by atoms with Gasteiger partial charge in [0.25, 0.3) is 5.91 Å². The van der Waals surface area contributed by atoms with Crippen molar-refractivity contribution in [2.75, 3.05) is 20.2 Å². The number of fused-ring (bicyclic) bond motifs is 1. The van der Waals surface area contributed by atoms with E-state index in [2.05, 4.69) is 0 Å². The van der Waals surface area contributed by atoms with Crippen molar-refractivity contribution >= 4 is 5.91 Å². The predicted octanol–water partition coefficient (Wildman–Crippen LogP) is 5.55. The van der Waals surface area contributed by atoms with Crippen LogP contribution < -0.4 is 14.2 Å². The summed E-state index contributed by atoms with van der Waals surface area (Å²) in [6.07, 6.45) is 1.63. The van der Waals surface area contributed by atoms with Gasteiger partial charge in [-0.15, -0.1) is 0 Å². The van der Waals surface area contributed by atoms with E-state index in [0.29, 0.717) is 49.4 Å². The van der Waals surface area contributed by atoms with Crippen LogP contribution in [-0.4, -0.2) is 48.8 Å². The topological polar surface area (TPSA) is 57.2 Å². The monoisotopic (exact) mass is 471 g/mol. The van der Waals surface area contributed by atoms with Gasteiger partial charge in [-0.2, -0.15) is 0 Å². The Morgan fingerprint density at radius 1 is 1.09 bits per heavy atom. The van der Waals surface area contributed by atoms with E-state index in [9.17, 15) is 9.18 Å². The first-order chi connectivity index (χ1) is 16.2. The number of nitrogens with zero attached hydrogens (tertiary/aromatic N) is 1. The fourth-order valence-corrected chi connectivity index (χ4v) is 4.80. The molecule has 34 heavy (non-hydrogen) atoms. The number of amides is 1. The van der Waals surface area contributed by atoms with E-state index in [1.54, 1.807) is 31.4 Å². The number of halogens is 1. The highest BCUT2D eigenvalue weighted by Gasteiger charge is 2.45. The molecule has 1 spiro atoms. The van der Waals surface area contributed by atoms with E-state index in [0.717, 1.165) is 5.56 Å². The average molecular weight is 472 g/mol. The molecule has 0 N–H and O–H groups in total. The lowest BCUT2D eigenvalue weighted by Crippen LogP contribution is -2.52. The van der Waals surface area contributed by atoms with Gasteiger partial charge in [-0.25, -0.2) is 4.39 Å². The van der Waals surface area contributed by atoms with Crippen LogP contribution in [0.3, 0.4) is 0 Å². The zero-order valence-electron chi connectivity index (χ0n) is 20.6. The largest absolute Gasteiger partial charge is 0.493 e. The number of para-hydroxylation sites is 1. The predicted molar refractivity (Wildman–Crippen MR) is 127 cm³/mol. The summed E-state index contributed by atoms with van der Waals surface area (Å²) < 4.78 is 38.3. The second-order valence-corrected chi connectivity index (χ2v) is 9.65. The smallest absolute Gasteiger partial charge is 0.253 e. The van der Waals surface area contributed by atoms with Gasteiger partial charge in [0, 0.05) is 43.5 Å². The van der Waals surface area contributed by atoms with Gasteiger partial charge in [-0.3, -0.25) is 4.79 Å². The number of ether oxygens (including phenoxy) is 4. The van der Waals surface area contributed by atoms with Crippen molar-refractivity contribution in [2.24, 2.45) is 0 Å². The normalized spacial score (nSPS) is 19.2. The lowest BCUT2D eigenvalue weighted by Gasteiger charge is -2.47. The quantitative estimate of drug-likeness (QED) is 0.553. The minimum absolute atomic E-state index is 0.00250. The molecule has 7 heteroatoms. The summed E-state index contributed by atoms with van der Waals surface area (Å²) in [6, 6.07) is 10.2. The molecule has 1 fully saturated rings. The molecule has 0 bridgehead atoms. The van der Waals surface area contributed by atoms with Gasteiger partial charge in [-0.1, -0.05) is 12.1 Å². The van der Waals surface area contributed by atoms with E-state index >= 15 is 0 Å². The third-order valence-electron chi connectivity index (χ3n) is 6.39. The summed E-state index contributed by atoms with van der Waals surface area (Å²) in [5.41, 5.74) is 0.748. The van der Waals surface area contributed by atoms with Gasteiger partial charge < -0.3 is 23.8 Å². The molecule has 2 aliphatic heterocycles. The molecule has 2 aromatic rings. The lowest BCUT2D eigenvalue weighted by molar-refractivity contribution is -0.0889. The van der Waals surface area contributed by atoms with Crippen LogP contribution in [0.15, 0.2) is 36.4 Å². The molecule has 0 aromatic heterocycles. The number of carbonyl (C=O) groups is 1. The Bertz CT molecular complexity index is 1030. The summed E-state index contributed by atoms with van der Waals surface area (Å²) in [5, 5.41) is 0. The summed E-state index contributed by atoms with van der Waals surface area (Å²) in [5.74, 6) is 0.984. The molecule has 1 amide bonds. The van der Waals surface area contributed by atoms with Crippen molar-refractivity contribution in [2.45, 2.75) is 70.9 Å². The molecular weight excluding hydrogens is 437 g/mol. The van der Waals surface area contributed by atoms with Crippen molar-refractivity contribution in [3.05, 3.63) is 53.3 Å². The van der Waals surface area contributed by atoms with Crippen LogP contribution in [0.4, 0.5) is 4.39 Å². The fraction of sp³-hybridized carbons (Fsp3) is 0.519. The van der Waals surface area contributed by atoms with Crippen LogP contribution in [0.1, 0.15) is 69.0 Å². The second kappa shape index (κ2) is 9.82. The molecular formula is C27H34FNO5. The molecule has 2 heterocycles. The second-order valence-electron chi connectivity index (χ2n) is 9.65. The maximum absolute atomic E-state index is 14.7. The van der Waals surface area contributed by atoms with Crippen LogP contribution in [0.25, 0.3) is 0 Å². The van der Waals surface area contributed by atoms with Gasteiger partial charge in [0.2, 0.25) is 0 Å². The molecule has 1 unspecified atom stereocenters. The van der Waals surface area contributed by atoms with Gasteiger partial charge in [0.15, 0.2) is 23.1 Å². The molecule has 184 valence electrons. The number of carbonyl (C=O) groups excluding carboxylic acids is 1. The van der Waals surface area contributed by atoms with Gasteiger partial charge in [-0.05, 0) is 52.0 Å². The molecule has 2 aliphatic rings. The van der Waals surface area contributed by atoms with Crippen molar-refractivity contribution in [3.8, 4) is 17.2 Å². The number of hydrogen-bond donors (Lipinski definition) is 0. The number of rotatable bonds is 6. The first-order valence-electron chi connectivity index (χ1n) is 12.0. The molecule has 1 saturated heterocycles. The summed E-state index contributed by atoms with van der Waals surface area (Å²) in [7, 11) is 1.56. The number of hydrogen-bond acceptors (Lipinski definition) is 5. The van der Waals surface area contributed by atoms with Gasteiger partial charge in [0.05, 0.1) is 25.4 Å². The van der Waals surface area contributed by atoms with E-state index in [-0.39, 0.29) is 35.8 Å². The van der Waals surface area contributed by atoms with Crippen LogP contribution in [-0.2, 0) is 4.74 Å². The van der Waals surface area contributed by atoms with Crippen molar-refractivity contribution < 1.29 is 28.1 Å². The average Bonchev–Trinajstić information content (AvgIpc) is 2.79. The Kier molecular flexibility index (Phi) is 7.03. The molecule has 0 aliphatic carbocycles. The first-order valence-corrected chi connectivity index (χ1v) is 12.0. The molecule has 1 atom stereocenters. The summed E-state index contributed by atoms with van der Waals surface area (Å²) in [6.45, 7) is 8.88. The maximum atomic E-state index is 14.7. The Morgan fingerprint density at radius 2 is 1.82 bits per heavy atom. The highest BCUT2D eigenvalue weighted by molar-refractivity contribution is 5.95. The Labute approximate surface area is 200 Å². The fourth-order valence-electron chi connectivity index (χ4n) is 4.80. The van der Waals surface area contributed by atoms with Gasteiger partial charge >= 0.3 is 0 Å². The lowest BCUT2D eigenvalue weighted by atomic mass is 9.81. The molecule has 0 radical (unpaired) electrons. The Morgan fingerprint density at radius 3 is 2.47 bits per heavy atom. The van der Waals surface area contributed by atoms with E-state index < -0.39 is 5.60 Å². The van der Waals surface area contributed by atoms with Crippen molar-refractivity contribution in [3.63, 3.8) is 0 Å². The van der Waals surface area contributed by atoms with E-state index in [1.165, 1.54) is 6.07 Å². The summed E-state index contributed by atoms with van der Waals surface area (Å²) in [4.78, 5) is 15.1. The zero-order valence-corrected chi connectivity index (χ0v) is 20.6. The third-order valence-corrected chi connectivity index (χ3v) is 6.39. The number of piperidine rings is 1.